The Morgan fingerprint density at radius 1 is 1.39 bits per heavy atom. The molecule has 0 spiro atoms. The van der Waals surface area contributed by atoms with Crippen molar-refractivity contribution in [2.75, 3.05) is 6.54 Å². The Bertz CT molecular complexity index is 1390. The number of oxazole rings is 1. The molecule has 2 aliphatic rings. The van der Waals surface area contributed by atoms with Gasteiger partial charge in [0.1, 0.15) is 11.6 Å². The Morgan fingerprint density at radius 3 is 2.94 bits per heavy atom. The highest BCUT2D eigenvalue weighted by molar-refractivity contribution is 5.93. The first-order valence-corrected chi connectivity index (χ1v) is 10.7. The zero-order chi connectivity index (χ0) is 22.9. The van der Waals surface area contributed by atoms with Crippen LogP contribution in [0.3, 0.4) is 0 Å². The Labute approximate surface area is 186 Å². The summed E-state index contributed by atoms with van der Waals surface area (Å²) in [5.41, 5.74) is 1.76. The van der Waals surface area contributed by atoms with Gasteiger partial charge in [-0.25, -0.2) is 23.3 Å². The van der Waals surface area contributed by atoms with Crippen molar-refractivity contribution in [3.63, 3.8) is 0 Å². The molecule has 1 atom stereocenters. The number of aryl methyl sites for hydroxylation is 1. The number of pyridine rings is 1. The largest absolute Gasteiger partial charge is 0.432 e. The lowest BCUT2D eigenvalue weighted by molar-refractivity contribution is 0.0624. The molecule has 0 aromatic carbocycles. The maximum absolute atomic E-state index is 13.8. The van der Waals surface area contributed by atoms with Crippen molar-refractivity contribution in [2.45, 2.75) is 44.3 Å². The number of hydrogen-bond acceptors (Lipinski definition) is 6. The van der Waals surface area contributed by atoms with E-state index in [0.717, 1.165) is 16.8 Å². The van der Waals surface area contributed by atoms with Crippen molar-refractivity contribution in [3.8, 4) is 0 Å². The predicted molar refractivity (Wildman–Crippen MR) is 110 cm³/mol. The van der Waals surface area contributed by atoms with Gasteiger partial charge in [-0.2, -0.15) is 5.10 Å². The third-order valence-corrected chi connectivity index (χ3v) is 6.37. The van der Waals surface area contributed by atoms with Crippen LogP contribution in [0.15, 0.2) is 35.1 Å². The van der Waals surface area contributed by atoms with Gasteiger partial charge in [-0.1, -0.05) is 6.07 Å². The third kappa shape index (κ3) is 3.06. The van der Waals surface area contributed by atoms with Gasteiger partial charge in [0.25, 0.3) is 12.3 Å². The van der Waals surface area contributed by atoms with Gasteiger partial charge < -0.3 is 19.4 Å². The van der Waals surface area contributed by atoms with Gasteiger partial charge in [0.2, 0.25) is 11.7 Å². The van der Waals surface area contributed by atoms with Crippen molar-refractivity contribution in [3.05, 3.63) is 70.7 Å². The zero-order valence-electron chi connectivity index (χ0n) is 17.6. The van der Waals surface area contributed by atoms with Crippen LogP contribution >= 0.6 is 0 Å². The Morgan fingerprint density at radius 2 is 2.21 bits per heavy atom. The lowest BCUT2D eigenvalue weighted by Crippen LogP contribution is -2.41. The van der Waals surface area contributed by atoms with Crippen molar-refractivity contribution < 1.29 is 23.1 Å². The topological polar surface area (TPSA) is 113 Å². The number of rotatable bonds is 4. The number of aromatic amines is 1. The molecule has 6 rings (SSSR count). The second kappa shape index (κ2) is 6.95. The molecule has 5 heterocycles. The number of imidazole rings is 1. The summed E-state index contributed by atoms with van der Waals surface area (Å²) >= 11 is 0. The fourth-order valence-corrected chi connectivity index (χ4v) is 4.40. The highest BCUT2D eigenvalue weighted by Crippen LogP contribution is 2.46. The summed E-state index contributed by atoms with van der Waals surface area (Å²) in [6.45, 7) is 2.20. The van der Waals surface area contributed by atoms with E-state index >= 15 is 0 Å². The molecule has 4 aromatic heterocycles. The molecule has 33 heavy (non-hydrogen) atoms. The Balaban J connectivity index is 1.46. The minimum Gasteiger partial charge on any atom is -0.432 e. The SMILES string of the molecule is Cc1cccn2nc([C@H]3c4nc[nH]c4CCN3C(=O)c3oc(C4(O)CC4)nc3C(F)F)cc12. The van der Waals surface area contributed by atoms with Crippen LogP contribution in [0.4, 0.5) is 8.78 Å². The average molecular weight is 454 g/mol. The maximum Gasteiger partial charge on any atom is 0.292 e. The smallest absolute Gasteiger partial charge is 0.292 e. The number of carbonyl (C=O) groups is 1. The number of fused-ring (bicyclic) bond motifs is 2. The number of H-pyrrole nitrogens is 1. The number of aromatic nitrogens is 5. The molecule has 11 heteroatoms. The molecule has 1 saturated carbocycles. The third-order valence-electron chi connectivity index (χ3n) is 6.37. The molecular formula is C22H20F2N6O3. The summed E-state index contributed by atoms with van der Waals surface area (Å²) in [4.78, 5) is 26.3. The maximum atomic E-state index is 13.8. The number of amides is 1. The summed E-state index contributed by atoms with van der Waals surface area (Å²) < 4.78 is 34.7. The number of hydrogen-bond donors (Lipinski definition) is 2. The normalized spacial score (nSPS) is 19.3. The van der Waals surface area contributed by atoms with Crippen molar-refractivity contribution >= 4 is 11.4 Å². The first kappa shape index (κ1) is 20.0. The molecule has 2 N–H and O–H groups in total. The molecule has 4 aromatic rings. The summed E-state index contributed by atoms with van der Waals surface area (Å²) in [7, 11) is 0. The van der Waals surface area contributed by atoms with Crippen LogP contribution < -0.4 is 0 Å². The number of halogens is 2. The molecule has 1 aliphatic carbocycles. The Kier molecular flexibility index (Phi) is 4.22. The van der Waals surface area contributed by atoms with E-state index in [1.807, 2.05) is 25.1 Å². The zero-order valence-corrected chi connectivity index (χ0v) is 17.6. The minimum atomic E-state index is -3.02. The van der Waals surface area contributed by atoms with Crippen LogP contribution in [0.5, 0.6) is 0 Å². The molecule has 0 saturated heterocycles. The average Bonchev–Trinajstić information content (AvgIpc) is 3.24. The molecule has 0 unspecified atom stereocenters. The van der Waals surface area contributed by atoms with Crippen LogP contribution in [0.25, 0.3) is 5.52 Å². The molecule has 170 valence electrons. The highest BCUT2D eigenvalue weighted by Gasteiger charge is 2.49. The van der Waals surface area contributed by atoms with E-state index in [1.54, 1.807) is 17.0 Å². The van der Waals surface area contributed by atoms with Gasteiger partial charge in [0, 0.05) is 24.9 Å². The van der Waals surface area contributed by atoms with E-state index < -0.39 is 35.4 Å². The van der Waals surface area contributed by atoms with Crippen LogP contribution in [-0.2, 0) is 12.0 Å². The minimum absolute atomic E-state index is 0.237. The fraction of sp³-hybridized carbons (Fsp3) is 0.364. The number of alkyl halides is 2. The predicted octanol–water partition coefficient (Wildman–Crippen LogP) is 3.06. The van der Waals surface area contributed by atoms with Gasteiger partial charge >= 0.3 is 0 Å². The van der Waals surface area contributed by atoms with E-state index in [-0.39, 0.29) is 12.4 Å². The van der Waals surface area contributed by atoms with Crippen LogP contribution in [-0.4, -0.2) is 47.0 Å². The van der Waals surface area contributed by atoms with Gasteiger partial charge in [0.15, 0.2) is 5.69 Å². The van der Waals surface area contributed by atoms with Crippen molar-refractivity contribution in [2.24, 2.45) is 0 Å². The van der Waals surface area contributed by atoms with E-state index in [0.29, 0.717) is 30.7 Å². The Hall–Kier alpha value is -3.60. The van der Waals surface area contributed by atoms with E-state index in [1.165, 1.54) is 4.90 Å². The second-order valence-electron chi connectivity index (χ2n) is 8.57. The molecule has 0 bridgehead atoms. The molecule has 1 fully saturated rings. The molecule has 0 radical (unpaired) electrons. The van der Waals surface area contributed by atoms with Gasteiger partial charge in [0.05, 0.1) is 23.2 Å². The van der Waals surface area contributed by atoms with Crippen LogP contribution in [0.1, 0.15) is 70.1 Å². The quantitative estimate of drug-likeness (QED) is 0.490. The van der Waals surface area contributed by atoms with Crippen LogP contribution in [0, 0.1) is 6.92 Å². The lowest BCUT2D eigenvalue weighted by atomic mass is 9.99. The summed E-state index contributed by atoms with van der Waals surface area (Å²) in [6, 6.07) is 5.00. The number of carbonyl (C=O) groups excluding carboxylic acids is 1. The highest BCUT2D eigenvalue weighted by atomic mass is 19.3. The van der Waals surface area contributed by atoms with Crippen molar-refractivity contribution in [1.29, 1.82) is 0 Å². The van der Waals surface area contributed by atoms with Gasteiger partial charge in [-0.15, -0.1) is 0 Å². The van der Waals surface area contributed by atoms with Gasteiger partial charge in [-0.05, 0) is 37.5 Å². The van der Waals surface area contributed by atoms with E-state index in [9.17, 15) is 18.7 Å². The number of aliphatic hydroxyl groups is 1. The fourth-order valence-electron chi connectivity index (χ4n) is 4.40. The lowest BCUT2D eigenvalue weighted by Gasteiger charge is -2.33. The second-order valence-corrected chi connectivity index (χ2v) is 8.57. The summed E-state index contributed by atoms with van der Waals surface area (Å²) in [6.07, 6.45) is 1.51. The first-order valence-electron chi connectivity index (χ1n) is 10.7. The van der Waals surface area contributed by atoms with Gasteiger partial charge in [-0.3, -0.25) is 4.79 Å². The standard InChI is InChI=1S/C22H20F2N6O3/c1-11-3-2-7-30-14(11)9-13(28-30)17-15-12(25-10-26-15)4-8-29(17)20(31)18-16(19(23)24)27-21(33-18)22(32)5-6-22/h2-3,7,9-10,17,19,32H,4-6,8H2,1H3,(H,25,26)/t17-/m0/s1. The van der Waals surface area contributed by atoms with Crippen LogP contribution in [0.2, 0.25) is 0 Å². The molecule has 1 amide bonds. The first-order chi connectivity index (χ1) is 15.9. The summed E-state index contributed by atoms with van der Waals surface area (Å²) in [5.74, 6) is -1.52. The van der Waals surface area contributed by atoms with E-state index in [2.05, 4.69) is 20.1 Å². The number of nitrogens with zero attached hydrogens (tertiary/aromatic N) is 5. The molecule has 9 nitrogen and oxygen atoms in total. The van der Waals surface area contributed by atoms with Crippen molar-refractivity contribution in [1.82, 2.24) is 29.5 Å². The number of nitrogens with one attached hydrogen (secondary N) is 1. The molecule has 1 aliphatic heterocycles. The molecular weight excluding hydrogens is 434 g/mol. The summed E-state index contributed by atoms with van der Waals surface area (Å²) in [5, 5.41) is 14.9. The van der Waals surface area contributed by atoms with E-state index in [4.69, 9.17) is 4.42 Å². The monoisotopic (exact) mass is 454 g/mol.